The van der Waals surface area contributed by atoms with Crippen LogP contribution in [0.2, 0.25) is 0 Å². The maximum absolute atomic E-state index is 12.6. The number of hydrogen-bond donors (Lipinski definition) is 2. The number of esters is 1. The molecule has 3 aromatic carbocycles. The third kappa shape index (κ3) is 8.14. The van der Waals surface area contributed by atoms with Gasteiger partial charge in [0.2, 0.25) is 0 Å². The molecule has 39 heavy (non-hydrogen) atoms. The van der Waals surface area contributed by atoms with Crippen molar-refractivity contribution in [1.29, 1.82) is 0 Å². The lowest BCUT2D eigenvalue weighted by Crippen LogP contribution is -2.25. The number of ether oxygens (including phenoxy) is 4. The van der Waals surface area contributed by atoms with Gasteiger partial charge in [0.1, 0.15) is 23.9 Å². The highest BCUT2D eigenvalue weighted by atomic mass is 32.1. The van der Waals surface area contributed by atoms with Gasteiger partial charge >= 0.3 is 5.97 Å². The summed E-state index contributed by atoms with van der Waals surface area (Å²) in [5, 5.41) is 7.57. The average Bonchev–Trinajstić information content (AvgIpc) is 2.97. The molecule has 1 heterocycles. The van der Waals surface area contributed by atoms with Crippen molar-refractivity contribution in [1.82, 2.24) is 10.3 Å². The SMILES string of the molecule is CCOC=O.CNC(=S)Nc1nc(C(=O)OC)c(OCc2ccccc2)c2ccc(Oc3ccccc3)cc12. The van der Waals surface area contributed by atoms with Crippen molar-refractivity contribution in [2.75, 3.05) is 26.1 Å². The van der Waals surface area contributed by atoms with Crippen LogP contribution in [0.4, 0.5) is 5.82 Å². The molecule has 4 rings (SSSR count). The molecule has 4 aromatic rings. The minimum absolute atomic E-state index is 0.0454. The first kappa shape index (κ1) is 28.9. The summed E-state index contributed by atoms with van der Waals surface area (Å²) in [6.07, 6.45) is 0. The molecule has 202 valence electrons. The van der Waals surface area contributed by atoms with Crippen LogP contribution in [0.3, 0.4) is 0 Å². The zero-order chi connectivity index (χ0) is 28.0. The molecule has 0 aliphatic rings. The van der Waals surface area contributed by atoms with Crippen LogP contribution in [0.1, 0.15) is 23.0 Å². The van der Waals surface area contributed by atoms with Crippen molar-refractivity contribution in [2.45, 2.75) is 13.5 Å². The summed E-state index contributed by atoms with van der Waals surface area (Å²) in [6.45, 7) is 2.92. The third-order valence-corrected chi connectivity index (χ3v) is 5.51. The number of fused-ring (bicyclic) bond motifs is 1. The molecule has 0 fully saturated rings. The molecule has 0 unspecified atom stereocenters. The average molecular weight is 548 g/mol. The zero-order valence-corrected chi connectivity index (χ0v) is 22.6. The number of nitrogens with zero attached hydrogens (tertiary/aromatic N) is 1. The second kappa shape index (κ2) is 14.9. The van der Waals surface area contributed by atoms with E-state index in [9.17, 15) is 9.59 Å². The highest BCUT2D eigenvalue weighted by Gasteiger charge is 2.23. The number of nitrogens with one attached hydrogen (secondary N) is 2. The summed E-state index contributed by atoms with van der Waals surface area (Å²) in [7, 11) is 3.00. The molecule has 10 heteroatoms. The van der Waals surface area contributed by atoms with Crippen molar-refractivity contribution in [3.8, 4) is 17.2 Å². The minimum Gasteiger partial charge on any atom is -0.486 e. The molecule has 0 atom stereocenters. The Kier molecular flexibility index (Phi) is 11.0. The van der Waals surface area contributed by atoms with Crippen LogP contribution in [0.5, 0.6) is 17.2 Å². The number of para-hydroxylation sites is 1. The monoisotopic (exact) mass is 547 g/mol. The second-order valence-electron chi connectivity index (χ2n) is 7.78. The number of anilines is 1. The summed E-state index contributed by atoms with van der Waals surface area (Å²) in [6, 6.07) is 24.6. The van der Waals surface area contributed by atoms with Crippen LogP contribution >= 0.6 is 12.2 Å². The molecule has 0 aliphatic heterocycles. The molecule has 0 spiro atoms. The summed E-state index contributed by atoms with van der Waals surface area (Å²) in [5.74, 6) is 1.37. The van der Waals surface area contributed by atoms with Crippen molar-refractivity contribution >= 4 is 46.4 Å². The highest BCUT2D eigenvalue weighted by Crippen LogP contribution is 2.37. The summed E-state index contributed by atoms with van der Waals surface area (Å²) in [5.41, 5.74) is 0.998. The molecule has 0 saturated heterocycles. The van der Waals surface area contributed by atoms with Gasteiger partial charge in [0.05, 0.1) is 13.7 Å². The first-order valence-electron chi connectivity index (χ1n) is 12.0. The van der Waals surface area contributed by atoms with E-state index >= 15 is 0 Å². The Bertz CT molecular complexity index is 1400. The van der Waals surface area contributed by atoms with E-state index in [2.05, 4.69) is 20.4 Å². The van der Waals surface area contributed by atoms with Crippen molar-refractivity contribution in [3.63, 3.8) is 0 Å². The van der Waals surface area contributed by atoms with E-state index in [1.807, 2.05) is 78.9 Å². The number of aromatic nitrogens is 1. The van der Waals surface area contributed by atoms with Gasteiger partial charge in [-0.25, -0.2) is 9.78 Å². The lowest BCUT2D eigenvalue weighted by Gasteiger charge is -2.17. The standard InChI is InChI=1S/C26H23N3O4S.C3H6O2/c1-27-26(34)29-24-21-15-19(33-18-11-7-4-8-12-18)13-14-20(21)23(22(28-24)25(30)31-2)32-16-17-9-5-3-6-10-17;1-2-5-3-4/h3-15H,16H2,1-2H3,(H2,27,28,29,34);3H,2H2,1H3. The van der Waals surface area contributed by atoms with Gasteiger partial charge in [-0.05, 0) is 55.0 Å². The van der Waals surface area contributed by atoms with Crippen molar-refractivity contribution < 1.29 is 28.5 Å². The van der Waals surface area contributed by atoms with Crippen LogP contribution < -0.4 is 20.1 Å². The number of carbonyl (C=O) groups is 2. The number of benzene rings is 3. The predicted octanol–water partition coefficient (Wildman–Crippen LogP) is 5.49. The number of hydrogen-bond acceptors (Lipinski definition) is 8. The number of pyridine rings is 1. The predicted molar refractivity (Wildman–Crippen MR) is 153 cm³/mol. The molecule has 0 amide bonds. The zero-order valence-electron chi connectivity index (χ0n) is 21.8. The normalized spacial score (nSPS) is 9.92. The van der Waals surface area contributed by atoms with Crippen LogP contribution in [0, 0.1) is 0 Å². The van der Waals surface area contributed by atoms with Crippen LogP contribution in [-0.2, 0) is 20.9 Å². The topological polar surface area (TPSA) is 108 Å². The summed E-state index contributed by atoms with van der Waals surface area (Å²) >= 11 is 5.28. The van der Waals surface area contributed by atoms with Gasteiger partial charge in [-0.2, -0.15) is 0 Å². The van der Waals surface area contributed by atoms with E-state index in [1.165, 1.54) is 7.11 Å². The van der Waals surface area contributed by atoms with E-state index < -0.39 is 5.97 Å². The van der Waals surface area contributed by atoms with E-state index in [-0.39, 0.29) is 12.3 Å². The van der Waals surface area contributed by atoms with Gasteiger partial charge in [-0.15, -0.1) is 0 Å². The minimum atomic E-state index is -0.618. The molecule has 2 N–H and O–H groups in total. The lowest BCUT2D eigenvalue weighted by atomic mass is 10.1. The van der Waals surface area contributed by atoms with Gasteiger partial charge in [-0.1, -0.05) is 48.5 Å². The first-order valence-corrected chi connectivity index (χ1v) is 12.4. The molecule has 0 aliphatic carbocycles. The molecular weight excluding hydrogens is 518 g/mol. The smallest absolute Gasteiger partial charge is 0.360 e. The maximum atomic E-state index is 12.6. The van der Waals surface area contributed by atoms with Gasteiger partial charge in [0.25, 0.3) is 6.47 Å². The fraction of sp³-hybridized carbons (Fsp3) is 0.172. The van der Waals surface area contributed by atoms with E-state index in [0.29, 0.717) is 52.0 Å². The largest absolute Gasteiger partial charge is 0.486 e. The number of thiocarbonyl (C=S) groups is 1. The molecule has 0 saturated carbocycles. The first-order chi connectivity index (χ1) is 19.0. The molecule has 9 nitrogen and oxygen atoms in total. The van der Waals surface area contributed by atoms with Crippen molar-refractivity contribution in [3.05, 3.63) is 90.1 Å². The molecule has 0 radical (unpaired) electrons. The van der Waals surface area contributed by atoms with Gasteiger partial charge in [0.15, 0.2) is 16.6 Å². The summed E-state index contributed by atoms with van der Waals surface area (Å²) in [4.78, 5) is 26.3. The Balaban J connectivity index is 0.000000771. The third-order valence-electron chi connectivity index (χ3n) is 5.21. The Morgan fingerprint density at radius 1 is 0.974 bits per heavy atom. The van der Waals surface area contributed by atoms with Crippen LogP contribution in [0.25, 0.3) is 10.8 Å². The van der Waals surface area contributed by atoms with E-state index in [0.717, 1.165) is 5.56 Å². The van der Waals surface area contributed by atoms with E-state index in [4.69, 9.17) is 26.4 Å². The van der Waals surface area contributed by atoms with Crippen LogP contribution in [0.15, 0.2) is 78.9 Å². The highest BCUT2D eigenvalue weighted by molar-refractivity contribution is 7.80. The quantitative estimate of drug-likeness (QED) is 0.159. The van der Waals surface area contributed by atoms with Gasteiger partial charge in [0, 0.05) is 17.8 Å². The number of rotatable bonds is 9. The number of methoxy groups -OCH3 is 1. The Morgan fingerprint density at radius 3 is 2.26 bits per heavy atom. The Hall–Kier alpha value is -4.70. The molecular formula is C29H29N3O6S. The van der Waals surface area contributed by atoms with E-state index in [1.54, 1.807) is 14.0 Å². The van der Waals surface area contributed by atoms with Gasteiger partial charge in [-0.3, -0.25) is 4.79 Å². The summed E-state index contributed by atoms with van der Waals surface area (Å²) < 4.78 is 21.3. The van der Waals surface area contributed by atoms with Crippen molar-refractivity contribution in [2.24, 2.45) is 0 Å². The fourth-order valence-corrected chi connectivity index (χ4v) is 3.50. The van der Waals surface area contributed by atoms with Gasteiger partial charge < -0.3 is 29.6 Å². The molecule has 1 aromatic heterocycles. The van der Waals surface area contributed by atoms with Crippen LogP contribution in [-0.4, -0.2) is 43.3 Å². The lowest BCUT2D eigenvalue weighted by molar-refractivity contribution is -0.128. The Morgan fingerprint density at radius 2 is 1.67 bits per heavy atom. The fourth-order valence-electron chi connectivity index (χ4n) is 3.40. The maximum Gasteiger partial charge on any atom is 0.360 e. The number of carbonyl (C=O) groups excluding carboxylic acids is 2. The Labute approximate surface area is 232 Å². The second-order valence-corrected chi connectivity index (χ2v) is 8.19. The molecule has 0 bridgehead atoms.